The zero-order valence-corrected chi connectivity index (χ0v) is 12.9. The summed E-state index contributed by atoms with van der Waals surface area (Å²) in [7, 11) is 0. The molecule has 1 aromatic rings. The van der Waals surface area contributed by atoms with Gasteiger partial charge in [-0.1, -0.05) is 45.4 Å². The summed E-state index contributed by atoms with van der Waals surface area (Å²) >= 11 is 0. The van der Waals surface area contributed by atoms with Crippen LogP contribution in [-0.4, -0.2) is 15.3 Å². The lowest BCUT2D eigenvalue weighted by Gasteiger charge is -2.02. The molecule has 0 radical (unpaired) electrons. The highest BCUT2D eigenvalue weighted by Gasteiger charge is 2.17. The molecular weight excluding hydrogens is 278 g/mol. The fourth-order valence-electron chi connectivity index (χ4n) is 2.16. The van der Waals surface area contributed by atoms with E-state index in [1.165, 1.54) is 44.6 Å². The summed E-state index contributed by atoms with van der Waals surface area (Å²) in [5.74, 6) is -0.991. The fourth-order valence-corrected chi connectivity index (χ4v) is 2.16. The van der Waals surface area contributed by atoms with Crippen LogP contribution in [0.3, 0.4) is 0 Å². The normalized spacial score (nSPS) is 10.2. The number of aromatic hydroxyl groups is 3. The Morgan fingerprint density at radius 3 is 2.05 bits per heavy atom. The molecule has 0 fully saturated rings. The van der Waals surface area contributed by atoms with Crippen LogP contribution in [0.4, 0.5) is 0 Å². The first-order chi connectivity index (χ1) is 9.16. The van der Waals surface area contributed by atoms with Crippen molar-refractivity contribution < 1.29 is 32.3 Å². The molecule has 20 heavy (non-hydrogen) atoms. The number of nitrogens with zero attached hydrogens (tertiary/aromatic N) is 1. The third-order valence-corrected chi connectivity index (χ3v) is 3.39. The molecule has 0 aliphatic heterocycles. The van der Waals surface area contributed by atoms with Crippen LogP contribution in [0.25, 0.3) is 0 Å². The SMILES string of the molecule is CCCCCCCCCC[n+]1ccc(O)c(O)c1O.[Cl-]. The summed E-state index contributed by atoms with van der Waals surface area (Å²) in [4.78, 5) is 0. The molecule has 0 saturated heterocycles. The van der Waals surface area contributed by atoms with E-state index in [4.69, 9.17) is 0 Å². The van der Waals surface area contributed by atoms with E-state index in [2.05, 4.69) is 6.92 Å². The molecule has 3 N–H and O–H groups in total. The number of hydrogen-bond donors (Lipinski definition) is 3. The zero-order chi connectivity index (χ0) is 14.1. The molecule has 0 spiro atoms. The van der Waals surface area contributed by atoms with Crippen molar-refractivity contribution >= 4 is 0 Å². The van der Waals surface area contributed by atoms with Crippen LogP contribution >= 0.6 is 0 Å². The number of aromatic nitrogens is 1. The first-order valence-electron chi connectivity index (χ1n) is 7.30. The third-order valence-electron chi connectivity index (χ3n) is 3.39. The van der Waals surface area contributed by atoms with Crippen molar-refractivity contribution in [1.29, 1.82) is 0 Å². The Morgan fingerprint density at radius 2 is 1.45 bits per heavy atom. The van der Waals surface area contributed by atoms with Gasteiger partial charge in [0.05, 0.1) is 0 Å². The van der Waals surface area contributed by atoms with E-state index in [0.29, 0.717) is 6.54 Å². The molecule has 0 saturated carbocycles. The first kappa shape index (κ1) is 18.8. The summed E-state index contributed by atoms with van der Waals surface area (Å²) < 4.78 is 1.56. The molecule has 1 aromatic heterocycles. The molecule has 0 atom stereocenters. The predicted molar refractivity (Wildman–Crippen MR) is 74.2 cm³/mol. The number of hydrogen-bond acceptors (Lipinski definition) is 3. The number of aryl methyl sites for hydroxylation is 1. The highest BCUT2D eigenvalue weighted by atomic mass is 35.5. The Bertz CT molecular complexity index is 386. The van der Waals surface area contributed by atoms with Crippen molar-refractivity contribution in [2.45, 2.75) is 64.8 Å². The number of unbranched alkanes of at least 4 members (excludes halogenated alkanes) is 7. The monoisotopic (exact) mass is 303 g/mol. The van der Waals surface area contributed by atoms with E-state index in [1.807, 2.05) is 0 Å². The van der Waals surface area contributed by atoms with Crippen LogP contribution in [0, 0.1) is 0 Å². The van der Waals surface area contributed by atoms with Crippen LogP contribution < -0.4 is 17.0 Å². The quantitative estimate of drug-likeness (QED) is 0.452. The van der Waals surface area contributed by atoms with Gasteiger partial charge in [-0.05, 0) is 6.42 Å². The third kappa shape index (κ3) is 6.33. The molecule has 0 amide bonds. The molecule has 0 aliphatic rings. The van der Waals surface area contributed by atoms with Crippen molar-refractivity contribution in [3.05, 3.63) is 12.3 Å². The van der Waals surface area contributed by atoms with Crippen molar-refractivity contribution in [3.63, 3.8) is 0 Å². The second-order valence-electron chi connectivity index (χ2n) is 5.04. The highest BCUT2D eigenvalue weighted by molar-refractivity contribution is 5.40. The van der Waals surface area contributed by atoms with E-state index in [9.17, 15) is 15.3 Å². The van der Waals surface area contributed by atoms with Crippen LogP contribution in [0.1, 0.15) is 58.3 Å². The summed E-state index contributed by atoms with van der Waals surface area (Å²) in [5.41, 5.74) is 0. The minimum Gasteiger partial charge on any atom is -1.00 e. The van der Waals surface area contributed by atoms with Crippen LogP contribution in [0.2, 0.25) is 0 Å². The van der Waals surface area contributed by atoms with Gasteiger partial charge in [0.2, 0.25) is 0 Å². The molecule has 4 nitrogen and oxygen atoms in total. The van der Waals surface area contributed by atoms with Gasteiger partial charge < -0.3 is 27.7 Å². The molecule has 1 heterocycles. The standard InChI is InChI=1S/C15H25NO3.ClH/c1-2-3-4-5-6-7-8-9-11-16-12-10-13(17)14(18)15(16)19;/h10,12H,2-9,11H2,1H3,(H2,17,18,19);1H. The van der Waals surface area contributed by atoms with Gasteiger partial charge in [-0.15, -0.1) is 0 Å². The molecular formula is C15H26ClNO3. The summed E-state index contributed by atoms with van der Waals surface area (Å²) in [5, 5.41) is 28.2. The largest absolute Gasteiger partial charge is 1.00 e. The number of rotatable bonds is 9. The van der Waals surface area contributed by atoms with E-state index in [1.54, 1.807) is 10.8 Å². The molecule has 0 aliphatic carbocycles. The minimum atomic E-state index is -0.443. The molecule has 0 bridgehead atoms. The van der Waals surface area contributed by atoms with Gasteiger partial charge in [0.1, 0.15) is 0 Å². The Labute approximate surface area is 127 Å². The molecule has 0 aromatic carbocycles. The Balaban J connectivity index is 0.00000361. The van der Waals surface area contributed by atoms with Gasteiger partial charge in [-0.2, -0.15) is 4.57 Å². The van der Waals surface area contributed by atoms with Crippen molar-refractivity contribution in [2.75, 3.05) is 0 Å². The average Bonchev–Trinajstić information content (AvgIpc) is 2.41. The van der Waals surface area contributed by atoms with Crippen molar-refractivity contribution in [3.8, 4) is 17.4 Å². The lowest BCUT2D eigenvalue weighted by atomic mass is 10.1. The van der Waals surface area contributed by atoms with E-state index in [0.717, 1.165) is 12.8 Å². The lowest BCUT2D eigenvalue weighted by molar-refractivity contribution is -0.703. The minimum absolute atomic E-state index is 0. The summed E-state index contributed by atoms with van der Waals surface area (Å²) in [6, 6.07) is 1.39. The summed E-state index contributed by atoms with van der Waals surface area (Å²) in [6.07, 6.45) is 11.4. The molecule has 116 valence electrons. The van der Waals surface area contributed by atoms with Gasteiger partial charge in [0.15, 0.2) is 18.5 Å². The average molecular weight is 304 g/mol. The van der Waals surface area contributed by atoms with E-state index >= 15 is 0 Å². The van der Waals surface area contributed by atoms with Crippen LogP contribution in [0.5, 0.6) is 17.4 Å². The Kier molecular flexibility index (Phi) is 9.99. The predicted octanol–water partition coefficient (Wildman–Crippen LogP) is 0.236. The Morgan fingerprint density at radius 1 is 0.900 bits per heavy atom. The van der Waals surface area contributed by atoms with Crippen molar-refractivity contribution in [2.24, 2.45) is 0 Å². The zero-order valence-electron chi connectivity index (χ0n) is 12.2. The van der Waals surface area contributed by atoms with Gasteiger partial charge in [0, 0.05) is 12.5 Å². The summed E-state index contributed by atoms with van der Waals surface area (Å²) in [6.45, 7) is 2.88. The second kappa shape index (κ2) is 10.6. The first-order valence-corrected chi connectivity index (χ1v) is 7.30. The van der Waals surface area contributed by atoms with Gasteiger partial charge >= 0.3 is 5.88 Å². The smallest absolute Gasteiger partial charge is 0.412 e. The topological polar surface area (TPSA) is 64.6 Å². The highest BCUT2D eigenvalue weighted by Crippen LogP contribution is 2.29. The lowest BCUT2D eigenvalue weighted by Crippen LogP contribution is -3.00. The maximum absolute atomic E-state index is 9.63. The van der Waals surface area contributed by atoms with Crippen molar-refractivity contribution in [1.82, 2.24) is 0 Å². The van der Waals surface area contributed by atoms with E-state index in [-0.39, 0.29) is 24.0 Å². The Hall–Kier alpha value is -1.16. The van der Waals surface area contributed by atoms with E-state index < -0.39 is 5.75 Å². The van der Waals surface area contributed by atoms with Gasteiger partial charge in [-0.3, -0.25) is 0 Å². The maximum Gasteiger partial charge on any atom is 0.412 e. The number of halogens is 1. The fraction of sp³-hybridized carbons (Fsp3) is 0.667. The molecule has 1 rings (SSSR count). The molecule has 5 heteroatoms. The van der Waals surface area contributed by atoms with Crippen LogP contribution in [0.15, 0.2) is 12.3 Å². The maximum atomic E-state index is 9.63. The second-order valence-corrected chi connectivity index (χ2v) is 5.04. The van der Waals surface area contributed by atoms with Gasteiger partial charge in [-0.25, -0.2) is 0 Å². The number of pyridine rings is 1. The molecule has 0 unspecified atom stereocenters. The van der Waals surface area contributed by atoms with Crippen LogP contribution in [-0.2, 0) is 6.54 Å². The van der Waals surface area contributed by atoms with Gasteiger partial charge in [0.25, 0.3) is 5.75 Å².